The monoisotopic (exact) mass is 249 g/mol. The minimum atomic E-state index is -1.47. The number of azide groups is 1. The molecule has 17 heavy (non-hydrogen) atoms. The fourth-order valence-electron chi connectivity index (χ4n) is 1.46. The van der Waals surface area contributed by atoms with Gasteiger partial charge in [-0.15, -0.1) is 0 Å². The molecule has 0 unspecified atom stereocenters. The predicted octanol–water partition coefficient (Wildman–Crippen LogP) is -1.89. The third kappa shape index (κ3) is 3.51. The lowest BCUT2D eigenvalue weighted by molar-refractivity contribution is -0.300. The number of nitrogens with zero attached hydrogens (tertiary/aromatic N) is 3. The highest BCUT2D eigenvalue weighted by atomic mass is 16.7. The van der Waals surface area contributed by atoms with Crippen LogP contribution in [0.4, 0.5) is 0 Å². The van der Waals surface area contributed by atoms with Crippen molar-refractivity contribution in [2.75, 3.05) is 19.8 Å². The van der Waals surface area contributed by atoms with Gasteiger partial charge in [0.1, 0.15) is 24.4 Å². The van der Waals surface area contributed by atoms with Crippen LogP contribution in [0, 0.1) is 0 Å². The van der Waals surface area contributed by atoms with Crippen LogP contribution in [-0.2, 0) is 9.47 Å². The maximum Gasteiger partial charge on any atom is 0.186 e. The Balaban J connectivity index is 2.50. The van der Waals surface area contributed by atoms with Gasteiger partial charge in [-0.2, -0.15) is 0 Å². The van der Waals surface area contributed by atoms with Gasteiger partial charge in [-0.25, -0.2) is 0 Å². The molecular weight excluding hydrogens is 234 g/mol. The first-order valence-corrected chi connectivity index (χ1v) is 5.04. The summed E-state index contributed by atoms with van der Waals surface area (Å²) in [6.07, 6.45) is -6.49. The predicted molar refractivity (Wildman–Crippen MR) is 53.7 cm³/mol. The number of hydrogen-bond donors (Lipinski definition) is 4. The minimum Gasteiger partial charge on any atom is -0.394 e. The van der Waals surface area contributed by atoms with Gasteiger partial charge in [0.15, 0.2) is 6.29 Å². The lowest BCUT2D eigenvalue weighted by atomic mass is 9.99. The molecule has 1 aliphatic rings. The molecule has 0 saturated carbocycles. The average Bonchev–Trinajstić information content (AvgIpc) is 2.34. The highest BCUT2D eigenvalue weighted by Crippen LogP contribution is 2.21. The lowest BCUT2D eigenvalue weighted by Crippen LogP contribution is -2.59. The van der Waals surface area contributed by atoms with Crippen LogP contribution in [0.15, 0.2) is 5.11 Å². The molecule has 1 heterocycles. The van der Waals surface area contributed by atoms with E-state index in [0.717, 1.165) is 0 Å². The molecule has 1 fully saturated rings. The summed E-state index contributed by atoms with van der Waals surface area (Å²) in [6, 6.07) is 0. The number of rotatable bonds is 5. The number of hydrogen-bond acceptors (Lipinski definition) is 7. The first-order chi connectivity index (χ1) is 8.11. The Hall–Kier alpha value is -0.930. The van der Waals surface area contributed by atoms with Crippen molar-refractivity contribution in [3.05, 3.63) is 10.4 Å². The number of aliphatic hydroxyl groups excluding tert-OH is 4. The van der Waals surface area contributed by atoms with Gasteiger partial charge in [0.2, 0.25) is 0 Å². The Bertz CT molecular complexity index is 282. The van der Waals surface area contributed by atoms with E-state index in [1.807, 2.05) is 0 Å². The molecule has 5 atom stereocenters. The topological polar surface area (TPSA) is 148 Å². The molecule has 0 aliphatic carbocycles. The van der Waals surface area contributed by atoms with E-state index in [9.17, 15) is 15.3 Å². The first kappa shape index (κ1) is 14.1. The largest absolute Gasteiger partial charge is 0.394 e. The first-order valence-electron chi connectivity index (χ1n) is 5.04. The zero-order valence-corrected chi connectivity index (χ0v) is 8.96. The smallest absolute Gasteiger partial charge is 0.186 e. The van der Waals surface area contributed by atoms with Crippen molar-refractivity contribution in [2.45, 2.75) is 30.7 Å². The Kier molecular flexibility index (Phi) is 5.59. The SMILES string of the molecule is [N-]=[N+]=NCCO[C@@H]1O[C@H](CO)[C@H](O)[C@H](O)[C@@H]1O. The van der Waals surface area contributed by atoms with E-state index in [1.54, 1.807) is 0 Å². The zero-order valence-electron chi connectivity index (χ0n) is 8.96. The van der Waals surface area contributed by atoms with Gasteiger partial charge in [0.25, 0.3) is 0 Å². The Morgan fingerprint density at radius 1 is 1.24 bits per heavy atom. The van der Waals surface area contributed by atoms with Crippen LogP contribution in [0.3, 0.4) is 0 Å². The van der Waals surface area contributed by atoms with E-state index in [1.165, 1.54) is 0 Å². The van der Waals surface area contributed by atoms with E-state index in [4.69, 9.17) is 20.1 Å². The second-order valence-electron chi connectivity index (χ2n) is 3.52. The molecule has 4 N–H and O–H groups in total. The van der Waals surface area contributed by atoms with Crippen LogP contribution in [0.5, 0.6) is 0 Å². The van der Waals surface area contributed by atoms with Gasteiger partial charge >= 0.3 is 0 Å². The summed E-state index contributed by atoms with van der Waals surface area (Å²) < 4.78 is 10.1. The van der Waals surface area contributed by atoms with Crippen LogP contribution in [0.1, 0.15) is 0 Å². The molecule has 9 nitrogen and oxygen atoms in total. The maximum absolute atomic E-state index is 9.53. The highest BCUT2D eigenvalue weighted by molar-refractivity contribution is 4.88. The van der Waals surface area contributed by atoms with Crippen molar-refractivity contribution in [1.29, 1.82) is 0 Å². The Morgan fingerprint density at radius 2 is 1.94 bits per heavy atom. The molecule has 0 aromatic heterocycles. The van der Waals surface area contributed by atoms with Crippen LogP contribution in [0.2, 0.25) is 0 Å². The van der Waals surface area contributed by atoms with Gasteiger partial charge in [0, 0.05) is 11.5 Å². The second kappa shape index (κ2) is 6.72. The standard InChI is InChI=1S/C8H15N3O6/c9-11-10-1-2-16-8-7(15)6(14)5(13)4(3-12)17-8/h4-8,12-15H,1-3H2/t4-,5+,6+,7+,8-/m1/s1. The van der Waals surface area contributed by atoms with Crippen molar-refractivity contribution in [3.8, 4) is 0 Å². The van der Waals surface area contributed by atoms with Crippen LogP contribution < -0.4 is 0 Å². The summed E-state index contributed by atoms with van der Waals surface area (Å²) in [5.74, 6) is 0. The second-order valence-corrected chi connectivity index (χ2v) is 3.52. The molecule has 1 saturated heterocycles. The molecule has 0 aromatic carbocycles. The van der Waals surface area contributed by atoms with Gasteiger partial charge in [-0.05, 0) is 5.53 Å². The van der Waals surface area contributed by atoms with Crippen molar-refractivity contribution in [2.24, 2.45) is 5.11 Å². The van der Waals surface area contributed by atoms with Crippen LogP contribution >= 0.6 is 0 Å². The number of ether oxygens (including phenoxy) is 2. The summed E-state index contributed by atoms with van der Waals surface area (Å²) in [4.78, 5) is 2.51. The molecule has 0 amide bonds. The molecule has 9 heteroatoms. The summed E-state index contributed by atoms with van der Waals surface area (Å²) in [5.41, 5.74) is 8.03. The third-order valence-corrected chi connectivity index (χ3v) is 2.39. The van der Waals surface area contributed by atoms with Crippen LogP contribution in [-0.4, -0.2) is 70.9 Å². The molecule has 98 valence electrons. The molecular formula is C8H15N3O6. The summed E-state index contributed by atoms with van der Waals surface area (Å²) >= 11 is 0. The summed E-state index contributed by atoms with van der Waals surface area (Å²) in [6.45, 7) is -0.473. The summed E-state index contributed by atoms with van der Waals surface area (Å²) in [5, 5.41) is 40.5. The number of aliphatic hydroxyl groups is 4. The Labute approximate surface area is 96.8 Å². The molecule has 0 spiro atoms. The summed E-state index contributed by atoms with van der Waals surface area (Å²) in [7, 11) is 0. The Morgan fingerprint density at radius 3 is 2.53 bits per heavy atom. The molecule has 0 radical (unpaired) electrons. The quantitative estimate of drug-likeness (QED) is 0.194. The molecule has 0 bridgehead atoms. The molecule has 1 rings (SSSR count). The van der Waals surface area contributed by atoms with E-state index < -0.39 is 37.3 Å². The lowest BCUT2D eigenvalue weighted by Gasteiger charge is -2.39. The van der Waals surface area contributed by atoms with Crippen molar-refractivity contribution in [1.82, 2.24) is 0 Å². The zero-order chi connectivity index (χ0) is 12.8. The van der Waals surface area contributed by atoms with Gasteiger partial charge in [-0.3, -0.25) is 0 Å². The minimum absolute atomic E-state index is 0.00719. The van der Waals surface area contributed by atoms with Crippen LogP contribution in [0.25, 0.3) is 10.4 Å². The average molecular weight is 249 g/mol. The van der Waals surface area contributed by atoms with E-state index >= 15 is 0 Å². The van der Waals surface area contributed by atoms with E-state index in [2.05, 4.69) is 10.0 Å². The third-order valence-electron chi connectivity index (χ3n) is 2.39. The fraction of sp³-hybridized carbons (Fsp3) is 1.00. The molecule has 1 aliphatic heterocycles. The van der Waals surface area contributed by atoms with Gasteiger partial charge < -0.3 is 29.9 Å². The molecule has 0 aromatic rings. The van der Waals surface area contributed by atoms with Gasteiger partial charge in [0.05, 0.1) is 13.2 Å². The van der Waals surface area contributed by atoms with E-state index in [-0.39, 0.29) is 13.2 Å². The van der Waals surface area contributed by atoms with E-state index in [0.29, 0.717) is 0 Å². The fourth-order valence-corrected chi connectivity index (χ4v) is 1.46. The highest BCUT2D eigenvalue weighted by Gasteiger charge is 2.43. The van der Waals surface area contributed by atoms with Crippen molar-refractivity contribution >= 4 is 0 Å². The maximum atomic E-state index is 9.53. The van der Waals surface area contributed by atoms with Crippen molar-refractivity contribution in [3.63, 3.8) is 0 Å². The van der Waals surface area contributed by atoms with Crippen molar-refractivity contribution < 1.29 is 29.9 Å². The van der Waals surface area contributed by atoms with Gasteiger partial charge in [-0.1, -0.05) is 5.11 Å². The normalized spacial score (nSPS) is 37.5.